The first-order valence-corrected chi connectivity index (χ1v) is 21.2. The van der Waals surface area contributed by atoms with Crippen LogP contribution < -0.4 is 33.8 Å². The number of rotatable bonds is 14. The number of hydrogen-bond donors (Lipinski definition) is 9. The van der Waals surface area contributed by atoms with E-state index in [0.29, 0.717) is 0 Å². The molecule has 5 aromatic rings. The summed E-state index contributed by atoms with van der Waals surface area (Å²) in [6, 6.07) is 0. The van der Waals surface area contributed by atoms with Crippen molar-refractivity contribution in [1.29, 1.82) is 0 Å². The molecule has 31 heteroatoms. The molecule has 11 N–H and O–H groups in total. The highest BCUT2D eigenvalue weighted by molar-refractivity contribution is 7.47. The van der Waals surface area contributed by atoms with Crippen LogP contribution in [0.5, 0.6) is 0 Å². The van der Waals surface area contributed by atoms with Crippen LogP contribution in [0.15, 0.2) is 38.0 Å². The normalized spacial score (nSPS) is 28.8. The molecule has 0 amide bonds. The summed E-state index contributed by atoms with van der Waals surface area (Å²) in [4.78, 5) is 93.6. The Morgan fingerprint density at radius 2 is 1.21 bits per heavy atom. The van der Waals surface area contributed by atoms with Crippen molar-refractivity contribution in [2.24, 2.45) is 0 Å². The molecule has 8 rings (SSSR count). The molecule has 0 aromatic carbocycles. The fraction of sp³-hybridized carbons (Fsp3) is 0.533. The number of nitrogens with two attached hydrogens (primary N) is 2. The Bertz CT molecular complexity index is 2810. The maximum atomic E-state index is 13.4. The molecule has 0 radical (unpaired) electrons. The van der Waals surface area contributed by atoms with Crippen molar-refractivity contribution >= 4 is 49.9 Å². The van der Waals surface area contributed by atoms with Crippen LogP contribution in [0.3, 0.4) is 0 Å². The molecule has 3 fully saturated rings. The highest BCUT2D eigenvalue weighted by Crippen LogP contribution is 2.52. The zero-order chi connectivity index (χ0) is 43.5. The number of H-pyrrole nitrogens is 3. The van der Waals surface area contributed by atoms with E-state index in [1.807, 2.05) is 0 Å². The number of aliphatic hydroxyl groups excluding tert-OH is 2. The number of fused-ring (bicyclic) bond motifs is 2. The first-order chi connectivity index (χ1) is 28.9. The Hall–Kier alpha value is -5.00. The van der Waals surface area contributed by atoms with Crippen LogP contribution in [0.1, 0.15) is 43.5 Å². The van der Waals surface area contributed by atoms with E-state index in [2.05, 4.69) is 34.9 Å². The lowest BCUT2D eigenvalue weighted by Crippen LogP contribution is -2.33. The average Bonchev–Trinajstić information content (AvgIpc) is 4.02. The minimum Gasteiger partial charge on any atom is -0.394 e. The van der Waals surface area contributed by atoms with Crippen molar-refractivity contribution in [3.63, 3.8) is 0 Å². The van der Waals surface area contributed by atoms with Gasteiger partial charge in [0.25, 0.3) is 16.7 Å². The molecule has 29 nitrogen and oxygen atoms in total. The molecule has 3 aliphatic rings. The minimum absolute atomic E-state index is 0.0381. The number of hydrogen-bond acceptors (Lipinski definition) is 21. The van der Waals surface area contributed by atoms with Crippen LogP contribution in [-0.2, 0) is 41.4 Å². The second-order valence-corrected chi connectivity index (χ2v) is 17.0. The van der Waals surface area contributed by atoms with Gasteiger partial charge in [-0.25, -0.2) is 23.9 Å². The van der Waals surface area contributed by atoms with Gasteiger partial charge in [-0.15, -0.1) is 0 Å². The van der Waals surface area contributed by atoms with Gasteiger partial charge in [0, 0.05) is 31.0 Å². The molecule has 3 aliphatic heterocycles. The molecule has 61 heavy (non-hydrogen) atoms. The number of phosphoric ester groups is 2. The van der Waals surface area contributed by atoms with Crippen LogP contribution in [0.4, 0.5) is 11.9 Å². The SMILES string of the molecule is Cc1cn([C@H]2C[C@H](OP(=O)(O)OC[C@H]3O[C@@H](n4cnc5c(=O)[nH]c(N)nc54)C[C@@H]3OP(=O)(O)OC[C@H]3O[C@@H](n4cnc5c(=O)[nH]c(N)nc54)C[C@@H]3O)[C@@H](CO)O2)c(=O)[nH]c1=O. The predicted molar refractivity (Wildman–Crippen MR) is 201 cm³/mol. The number of aromatic amines is 3. The van der Waals surface area contributed by atoms with Gasteiger partial charge >= 0.3 is 21.3 Å². The van der Waals surface area contributed by atoms with Gasteiger partial charge in [0.1, 0.15) is 49.2 Å². The summed E-state index contributed by atoms with van der Waals surface area (Å²) in [6.07, 6.45) is -8.00. The summed E-state index contributed by atoms with van der Waals surface area (Å²) in [5, 5.41) is 20.7. The number of nitrogens with zero attached hydrogens (tertiary/aromatic N) is 7. The standard InChI is InChI=1S/C30H38N12O17P2/c1-11-5-40(30(48)39-25(11)45)19-3-13(15(6-43)55-19)58-61(51,52)54-8-17-14(4-20(57-17)42-10-34-22-24(42)36-29(32)38-27(22)47)59-60(49,50)53-7-16-12(44)2-18(56-16)41-9-33-21-23(41)35-28(31)37-26(21)46/h5,9-10,12-20,43-44H,2-4,6-8H2,1H3,(H,49,50)(H,51,52)(H,39,45,48)(H3,31,35,37,46)(H3,32,36,38,47)/t12-,13-,14-,15+,16+,17+,18+,19+,20+/m0/s1. The fourth-order valence-corrected chi connectivity index (χ4v) is 9.08. The van der Waals surface area contributed by atoms with E-state index in [1.165, 1.54) is 34.9 Å². The first-order valence-electron chi connectivity index (χ1n) is 18.2. The minimum atomic E-state index is -5.10. The summed E-state index contributed by atoms with van der Waals surface area (Å²) in [7, 11) is -10.2. The van der Waals surface area contributed by atoms with Gasteiger partial charge in [-0.1, -0.05) is 0 Å². The third-order valence-electron chi connectivity index (χ3n) is 10.1. The largest absolute Gasteiger partial charge is 0.472 e. The Morgan fingerprint density at radius 3 is 1.77 bits per heavy atom. The quantitative estimate of drug-likeness (QED) is 0.0520. The van der Waals surface area contributed by atoms with Gasteiger partial charge in [0.05, 0.1) is 38.6 Å². The van der Waals surface area contributed by atoms with Gasteiger partial charge in [-0.2, -0.15) is 9.97 Å². The van der Waals surface area contributed by atoms with Crippen LogP contribution in [0, 0.1) is 6.92 Å². The molecular formula is C30H38N12O17P2. The van der Waals surface area contributed by atoms with E-state index in [1.54, 1.807) is 0 Å². The lowest BCUT2D eigenvalue weighted by Gasteiger charge is -2.24. The summed E-state index contributed by atoms with van der Waals surface area (Å²) in [6.45, 7) is -0.776. The highest BCUT2D eigenvalue weighted by atomic mass is 31.2. The number of phosphoric acid groups is 2. The zero-order valence-corrected chi connectivity index (χ0v) is 33.2. The third-order valence-corrected chi connectivity index (χ3v) is 12.1. The van der Waals surface area contributed by atoms with E-state index in [9.17, 15) is 48.3 Å². The number of imidazole rings is 2. The number of aryl methyl sites for hydroxylation is 1. The molecule has 0 saturated carbocycles. The topological polar surface area (TPSA) is 414 Å². The summed E-state index contributed by atoms with van der Waals surface area (Å²) in [5.41, 5.74) is 8.71. The molecule has 0 bridgehead atoms. The van der Waals surface area contributed by atoms with Crippen LogP contribution in [0.2, 0.25) is 0 Å². The Kier molecular flexibility index (Phi) is 11.4. The maximum Gasteiger partial charge on any atom is 0.472 e. The van der Waals surface area contributed by atoms with E-state index in [-0.39, 0.29) is 59.1 Å². The van der Waals surface area contributed by atoms with E-state index in [4.69, 9.17) is 43.8 Å². The number of nitrogen functional groups attached to an aromatic ring is 2. The van der Waals surface area contributed by atoms with E-state index >= 15 is 0 Å². The second-order valence-electron chi connectivity index (χ2n) is 14.2. The monoisotopic (exact) mass is 900 g/mol. The predicted octanol–water partition coefficient (Wildman–Crippen LogP) is -2.50. The summed E-state index contributed by atoms with van der Waals surface area (Å²) in [5.74, 6) is -0.446. The molecule has 0 spiro atoms. The summed E-state index contributed by atoms with van der Waals surface area (Å²) >= 11 is 0. The number of anilines is 2. The third kappa shape index (κ3) is 8.73. The maximum absolute atomic E-state index is 13.4. The average molecular weight is 901 g/mol. The van der Waals surface area contributed by atoms with Gasteiger partial charge in [-0.05, 0) is 6.92 Å². The highest BCUT2D eigenvalue weighted by Gasteiger charge is 2.46. The van der Waals surface area contributed by atoms with Crippen molar-refractivity contribution < 1.29 is 61.4 Å². The molecule has 3 saturated heterocycles. The van der Waals surface area contributed by atoms with Gasteiger partial charge in [0.15, 0.2) is 22.3 Å². The van der Waals surface area contributed by atoms with Gasteiger partial charge in [0.2, 0.25) is 11.9 Å². The molecule has 11 atom stereocenters. The molecule has 0 aliphatic carbocycles. The number of nitrogens with one attached hydrogen (secondary N) is 3. The van der Waals surface area contributed by atoms with Gasteiger partial charge < -0.3 is 45.7 Å². The fourth-order valence-electron chi connectivity index (χ4n) is 7.16. The number of aliphatic hydroxyl groups is 2. The van der Waals surface area contributed by atoms with Crippen molar-refractivity contribution in [2.45, 2.75) is 81.5 Å². The molecule has 2 unspecified atom stereocenters. The van der Waals surface area contributed by atoms with E-state index in [0.717, 1.165) is 4.57 Å². The van der Waals surface area contributed by atoms with Crippen LogP contribution >= 0.6 is 15.6 Å². The lowest BCUT2D eigenvalue weighted by atomic mass is 10.2. The van der Waals surface area contributed by atoms with Crippen molar-refractivity contribution in [3.8, 4) is 0 Å². The summed E-state index contributed by atoms with van der Waals surface area (Å²) < 4.78 is 69.3. The Balaban J connectivity index is 0.960. The first kappa shape index (κ1) is 42.7. The van der Waals surface area contributed by atoms with Crippen molar-refractivity contribution in [1.82, 2.24) is 48.6 Å². The second kappa shape index (κ2) is 16.4. The van der Waals surface area contributed by atoms with Crippen molar-refractivity contribution in [3.05, 3.63) is 66.0 Å². The molecule has 5 aromatic heterocycles. The van der Waals surface area contributed by atoms with Crippen LogP contribution in [-0.4, -0.2) is 125 Å². The smallest absolute Gasteiger partial charge is 0.394 e. The zero-order valence-electron chi connectivity index (χ0n) is 31.4. The van der Waals surface area contributed by atoms with Crippen molar-refractivity contribution in [2.75, 3.05) is 31.3 Å². The Labute approximate surface area is 338 Å². The van der Waals surface area contributed by atoms with Crippen LogP contribution in [0.25, 0.3) is 22.3 Å². The molecular weight excluding hydrogens is 862 g/mol. The van der Waals surface area contributed by atoms with E-state index < -0.39 is 113 Å². The van der Waals surface area contributed by atoms with Gasteiger partial charge in [-0.3, -0.25) is 61.1 Å². The number of aromatic nitrogens is 10. The lowest BCUT2D eigenvalue weighted by molar-refractivity contribution is -0.0604. The Morgan fingerprint density at radius 1 is 0.738 bits per heavy atom. The molecule has 330 valence electrons. The number of ether oxygens (including phenoxy) is 3. The molecule has 8 heterocycles.